The number of methoxy groups -OCH3 is 1. The van der Waals surface area contributed by atoms with E-state index in [1.165, 1.54) is 37.7 Å². The van der Waals surface area contributed by atoms with Crippen LogP contribution in [0.25, 0.3) is 0 Å². The molecule has 1 aromatic rings. The molecule has 8 heteroatoms. The first-order valence-corrected chi connectivity index (χ1v) is 10.5. The van der Waals surface area contributed by atoms with Crippen molar-refractivity contribution in [2.75, 3.05) is 18.6 Å². The monoisotopic (exact) mass is 391 g/mol. The predicted molar refractivity (Wildman–Crippen MR) is 102 cm³/mol. The molecule has 146 valence electrons. The molecule has 1 aromatic heterocycles. The van der Waals surface area contributed by atoms with E-state index in [0.29, 0.717) is 35.5 Å². The molecule has 0 spiro atoms. The van der Waals surface area contributed by atoms with E-state index in [9.17, 15) is 14.4 Å². The van der Waals surface area contributed by atoms with Crippen molar-refractivity contribution in [2.24, 2.45) is 5.92 Å². The highest BCUT2D eigenvalue weighted by atomic mass is 32.1. The van der Waals surface area contributed by atoms with Crippen molar-refractivity contribution in [3.8, 4) is 0 Å². The van der Waals surface area contributed by atoms with Gasteiger partial charge in [-0.2, -0.15) is 0 Å². The zero-order chi connectivity index (χ0) is 19.0. The zero-order valence-corrected chi connectivity index (χ0v) is 16.2. The molecule has 1 aliphatic carbocycles. The topological polar surface area (TPSA) is 87.7 Å². The van der Waals surface area contributed by atoms with Crippen LogP contribution < -0.4 is 15.5 Å². The van der Waals surface area contributed by atoms with E-state index in [2.05, 4.69) is 10.6 Å². The minimum Gasteiger partial charge on any atom is -0.465 e. The van der Waals surface area contributed by atoms with Crippen LogP contribution in [0.4, 0.5) is 5.00 Å². The summed E-state index contributed by atoms with van der Waals surface area (Å²) in [7, 11) is 1.32. The third kappa shape index (κ3) is 3.48. The predicted octanol–water partition coefficient (Wildman–Crippen LogP) is 1.68. The summed E-state index contributed by atoms with van der Waals surface area (Å²) >= 11 is 1.33. The minimum absolute atomic E-state index is 0.0797. The summed E-state index contributed by atoms with van der Waals surface area (Å²) in [6.45, 7) is 0.484. The molecule has 3 heterocycles. The fourth-order valence-electron chi connectivity index (χ4n) is 4.58. The number of esters is 1. The van der Waals surface area contributed by atoms with Crippen LogP contribution in [0.2, 0.25) is 0 Å². The van der Waals surface area contributed by atoms with Crippen LogP contribution >= 0.6 is 11.3 Å². The van der Waals surface area contributed by atoms with Gasteiger partial charge in [-0.25, -0.2) is 4.79 Å². The van der Waals surface area contributed by atoms with Gasteiger partial charge in [-0.3, -0.25) is 9.59 Å². The molecule has 0 bridgehead atoms. The lowest BCUT2D eigenvalue weighted by Crippen LogP contribution is -2.49. The molecule has 1 saturated carbocycles. The molecule has 4 unspecified atom stereocenters. The van der Waals surface area contributed by atoms with Crippen LogP contribution in [-0.4, -0.2) is 49.6 Å². The largest absolute Gasteiger partial charge is 0.465 e. The highest BCUT2D eigenvalue weighted by molar-refractivity contribution is 7.14. The van der Waals surface area contributed by atoms with Gasteiger partial charge in [0.1, 0.15) is 11.0 Å². The SMILES string of the molecule is COC(=O)c1ccsc1N1CCC(NC(=O)C2CC3CCCCC3N2)C1=O. The van der Waals surface area contributed by atoms with Crippen LogP contribution in [0.5, 0.6) is 0 Å². The fourth-order valence-corrected chi connectivity index (χ4v) is 5.50. The van der Waals surface area contributed by atoms with Crippen molar-refractivity contribution >= 4 is 34.1 Å². The minimum atomic E-state index is -0.533. The summed E-state index contributed by atoms with van der Waals surface area (Å²) in [5.41, 5.74) is 0.393. The average molecular weight is 391 g/mol. The number of fused-ring (bicyclic) bond motifs is 1. The molecular weight excluding hydrogens is 366 g/mol. The molecule has 0 aromatic carbocycles. The van der Waals surface area contributed by atoms with Crippen molar-refractivity contribution in [1.29, 1.82) is 0 Å². The number of rotatable bonds is 4. The Balaban J connectivity index is 1.39. The number of thiophene rings is 1. The Hall–Kier alpha value is -1.93. The van der Waals surface area contributed by atoms with Crippen LogP contribution in [0.15, 0.2) is 11.4 Å². The number of anilines is 1. The fraction of sp³-hybridized carbons (Fsp3) is 0.632. The normalized spacial score (nSPS) is 30.3. The quantitative estimate of drug-likeness (QED) is 0.763. The maximum absolute atomic E-state index is 12.8. The van der Waals surface area contributed by atoms with Gasteiger partial charge in [0.2, 0.25) is 11.8 Å². The number of ether oxygens (including phenoxy) is 1. The first-order chi connectivity index (χ1) is 13.1. The standard InChI is InChI=1S/C19H25N3O4S/c1-26-19(25)12-7-9-27-18(12)22-8-6-14(17(22)24)21-16(23)15-10-11-4-2-3-5-13(11)20-15/h7,9,11,13-15,20H,2-6,8,10H2,1H3,(H,21,23). The van der Waals surface area contributed by atoms with Crippen molar-refractivity contribution in [3.63, 3.8) is 0 Å². The van der Waals surface area contributed by atoms with Crippen LogP contribution in [0.1, 0.15) is 48.9 Å². The van der Waals surface area contributed by atoms with Gasteiger partial charge < -0.3 is 20.3 Å². The summed E-state index contributed by atoms with van der Waals surface area (Å²) in [5, 5.41) is 8.75. The molecule has 4 rings (SSSR count). The van der Waals surface area contributed by atoms with Gasteiger partial charge in [0.05, 0.1) is 18.7 Å². The van der Waals surface area contributed by atoms with E-state index in [1.54, 1.807) is 16.3 Å². The third-order valence-corrected chi connectivity index (χ3v) is 6.93. The summed E-state index contributed by atoms with van der Waals surface area (Å²) < 4.78 is 4.79. The van der Waals surface area contributed by atoms with Gasteiger partial charge in [-0.1, -0.05) is 12.8 Å². The summed E-state index contributed by atoms with van der Waals surface area (Å²) in [5.74, 6) is -0.112. The van der Waals surface area contributed by atoms with E-state index in [1.807, 2.05) is 0 Å². The third-order valence-electron chi connectivity index (χ3n) is 6.00. The Morgan fingerprint density at radius 2 is 2.11 bits per heavy atom. The van der Waals surface area contributed by atoms with E-state index >= 15 is 0 Å². The second-order valence-electron chi connectivity index (χ2n) is 7.58. The molecule has 3 fully saturated rings. The summed E-state index contributed by atoms with van der Waals surface area (Å²) in [6, 6.07) is 1.37. The number of nitrogens with zero attached hydrogens (tertiary/aromatic N) is 1. The smallest absolute Gasteiger partial charge is 0.340 e. The molecule has 2 N–H and O–H groups in total. The maximum atomic E-state index is 12.8. The van der Waals surface area contributed by atoms with Crippen molar-refractivity contribution < 1.29 is 19.1 Å². The van der Waals surface area contributed by atoms with Crippen molar-refractivity contribution in [3.05, 3.63) is 17.0 Å². The molecule has 2 aliphatic heterocycles. The Morgan fingerprint density at radius 3 is 2.89 bits per heavy atom. The lowest BCUT2D eigenvalue weighted by Gasteiger charge is -2.24. The van der Waals surface area contributed by atoms with Gasteiger partial charge in [-0.15, -0.1) is 11.3 Å². The van der Waals surface area contributed by atoms with Crippen LogP contribution in [-0.2, 0) is 14.3 Å². The molecule has 7 nitrogen and oxygen atoms in total. The number of carbonyl (C=O) groups excluding carboxylic acids is 3. The highest BCUT2D eigenvalue weighted by Gasteiger charge is 2.41. The second kappa shape index (κ2) is 7.59. The Bertz CT molecular complexity index is 735. The Kier molecular flexibility index (Phi) is 5.19. The lowest BCUT2D eigenvalue weighted by molar-refractivity contribution is -0.127. The second-order valence-corrected chi connectivity index (χ2v) is 8.47. The van der Waals surface area contributed by atoms with Crippen LogP contribution in [0.3, 0.4) is 0 Å². The van der Waals surface area contributed by atoms with Gasteiger partial charge in [0.15, 0.2) is 0 Å². The first kappa shape index (κ1) is 18.4. The van der Waals surface area contributed by atoms with Crippen LogP contribution in [0, 0.1) is 5.92 Å². The number of nitrogens with one attached hydrogen (secondary N) is 2. The lowest BCUT2D eigenvalue weighted by atomic mass is 9.85. The number of amides is 2. The van der Waals surface area contributed by atoms with E-state index in [0.717, 1.165) is 12.8 Å². The zero-order valence-electron chi connectivity index (χ0n) is 15.4. The van der Waals surface area contributed by atoms with Gasteiger partial charge in [0, 0.05) is 12.6 Å². The first-order valence-electron chi connectivity index (χ1n) is 9.62. The molecule has 0 radical (unpaired) electrons. The van der Waals surface area contributed by atoms with Gasteiger partial charge in [-0.05, 0) is 43.0 Å². The number of hydrogen-bond donors (Lipinski definition) is 2. The van der Waals surface area contributed by atoms with E-state index in [-0.39, 0.29) is 17.9 Å². The molecule has 2 saturated heterocycles. The highest BCUT2D eigenvalue weighted by Crippen LogP contribution is 2.34. The van der Waals surface area contributed by atoms with E-state index in [4.69, 9.17) is 4.74 Å². The van der Waals surface area contributed by atoms with E-state index < -0.39 is 12.0 Å². The van der Waals surface area contributed by atoms with Gasteiger partial charge >= 0.3 is 5.97 Å². The number of hydrogen-bond acceptors (Lipinski definition) is 6. The molecule has 4 atom stereocenters. The summed E-state index contributed by atoms with van der Waals surface area (Å²) in [4.78, 5) is 39.0. The Morgan fingerprint density at radius 1 is 1.30 bits per heavy atom. The Labute approximate surface area is 162 Å². The average Bonchev–Trinajstić information content (AvgIpc) is 3.39. The molecule has 3 aliphatic rings. The van der Waals surface area contributed by atoms with Gasteiger partial charge in [0.25, 0.3) is 0 Å². The number of carbonyl (C=O) groups is 3. The maximum Gasteiger partial charge on any atom is 0.340 e. The summed E-state index contributed by atoms with van der Waals surface area (Å²) in [6.07, 6.45) is 6.20. The molecule has 27 heavy (non-hydrogen) atoms. The molecular formula is C19H25N3O4S. The van der Waals surface area contributed by atoms with Crippen molar-refractivity contribution in [2.45, 2.75) is 56.7 Å². The van der Waals surface area contributed by atoms with Crippen molar-refractivity contribution in [1.82, 2.24) is 10.6 Å². The molecule has 2 amide bonds.